The lowest BCUT2D eigenvalue weighted by Gasteiger charge is -2.40. The number of hydrogen-bond donors (Lipinski definition) is 6. The van der Waals surface area contributed by atoms with Crippen molar-refractivity contribution in [2.45, 2.75) is 63.1 Å². The van der Waals surface area contributed by atoms with Crippen molar-refractivity contribution in [1.29, 1.82) is 5.26 Å². The van der Waals surface area contributed by atoms with E-state index in [1.54, 1.807) is 11.0 Å². The van der Waals surface area contributed by atoms with Gasteiger partial charge in [0.05, 0.1) is 18.0 Å². The van der Waals surface area contributed by atoms with Gasteiger partial charge in [0.25, 0.3) is 0 Å². The number of rotatable bonds is 9. The lowest BCUT2D eigenvalue weighted by atomic mass is 9.66. The first kappa shape index (κ1) is 32.7. The molecule has 11 heteroatoms. The van der Waals surface area contributed by atoms with Crippen molar-refractivity contribution in [3.05, 3.63) is 112 Å². The Hall–Kier alpha value is -5.18. The van der Waals surface area contributed by atoms with E-state index in [1.807, 2.05) is 61.5 Å². The summed E-state index contributed by atoms with van der Waals surface area (Å²) >= 11 is 0. The van der Waals surface area contributed by atoms with Crippen molar-refractivity contribution in [2.75, 3.05) is 6.54 Å². The molecule has 0 bridgehead atoms. The van der Waals surface area contributed by atoms with Crippen LogP contribution in [0.1, 0.15) is 75.1 Å². The summed E-state index contributed by atoms with van der Waals surface area (Å²) in [5.41, 5.74) is 20.9. The van der Waals surface area contributed by atoms with Gasteiger partial charge in [-0.2, -0.15) is 10.4 Å². The number of amidine groups is 1. The zero-order chi connectivity index (χ0) is 34.3. The van der Waals surface area contributed by atoms with Crippen molar-refractivity contribution in [3.63, 3.8) is 0 Å². The summed E-state index contributed by atoms with van der Waals surface area (Å²) in [5, 5.41) is 17.6. The smallest absolute Gasteiger partial charge is 0.248 e. The minimum atomic E-state index is -1.07. The van der Waals surface area contributed by atoms with Gasteiger partial charge in [0.2, 0.25) is 11.8 Å². The first-order chi connectivity index (χ1) is 23.0. The fourth-order valence-corrected chi connectivity index (χ4v) is 8.13. The molecule has 0 radical (unpaired) electrons. The van der Waals surface area contributed by atoms with Crippen molar-refractivity contribution in [3.8, 4) is 6.07 Å². The van der Waals surface area contributed by atoms with Crippen LogP contribution >= 0.6 is 0 Å². The van der Waals surface area contributed by atoms with E-state index in [9.17, 15) is 14.9 Å². The summed E-state index contributed by atoms with van der Waals surface area (Å²) in [6.07, 6.45) is 2.28. The second kappa shape index (κ2) is 12.8. The van der Waals surface area contributed by atoms with Crippen LogP contribution in [0.5, 0.6) is 0 Å². The molecule has 6 atom stereocenters. The lowest BCUT2D eigenvalue weighted by Crippen LogP contribution is -2.52. The van der Waals surface area contributed by atoms with E-state index in [0.29, 0.717) is 48.2 Å². The molecule has 10 N–H and O–H groups in total. The number of hydrazone groups is 1. The molecule has 2 amide bonds. The number of primary amides is 1. The Morgan fingerprint density at radius 2 is 1.69 bits per heavy atom. The molecule has 3 aromatic carbocycles. The summed E-state index contributed by atoms with van der Waals surface area (Å²) in [6, 6.07) is 21.2. The maximum atomic E-state index is 13.8. The van der Waals surface area contributed by atoms with Crippen LogP contribution in [-0.2, 0) is 23.1 Å². The minimum absolute atomic E-state index is 0.0279. The van der Waals surface area contributed by atoms with Crippen molar-refractivity contribution in [2.24, 2.45) is 40.1 Å². The molecule has 2 fully saturated rings. The number of carbonyl (C=O) groups excluding carboxylic acids is 2. The van der Waals surface area contributed by atoms with Crippen LogP contribution < -0.4 is 33.9 Å². The number of piperidine rings is 1. The molecule has 48 heavy (non-hydrogen) atoms. The van der Waals surface area contributed by atoms with Gasteiger partial charge in [-0.3, -0.25) is 9.59 Å². The second-order valence-electron chi connectivity index (χ2n) is 13.4. The fourth-order valence-electron chi connectivity index (χ4n) is 8.13. The molecule has 0 spiro atoms. The second-order valence-corrected chi connectivity index (χ2v) is 13.4. The van der Waals surface area contributed by atoms with Gasteiger partial charge < -0.3 is 33.0 Å². The number of fused-ring (bicyclic) bond motifs is 3. The Kier molecular flexibility index (Phi) is 8.72. The van der Waals surface area contributed by atoms with E-state index < -0.39 is 23.4 Å². The van der Waals surface area contributed by atoms with Crippen LogP contribution in [0.15, 0.2) is 72.3 Å². The van der Waals surface area contributed by atoms with E-state index in [-0.39, 0.29) is 18.5 Å². The Morgan fingerprint density at radius 1 is 1.06 bits per heavy atom. The molecule has 1 saturated carbocycles. The van der Waals surface area contributed by atoms with Gasteiger partial charge in [-0.1, -0.05) is 61.5 Å². The molecule has 6 rings (SSSR count). The zero-order valence-electron chi connectivity index (χ0n) is 27.4. The molecule has 1 saturated heterocycles. The van der Waals surface area contributed by atoms with Crippen molar-refractivity contribution in [1.82, 2.24) is 15.6 Å². The van der Waals surface area contributed by atoms with Gasteiger partial charge in [0, 0.05) is 23.3 Å². The van der Waals surface area contributed by atoms with E-state index in [2.05, 4.69) is 35.4 Å². The van der Waals surface area contributed by atoms with Crippen LogP contribution in [0.25, 0.3) is 5.70 Å². The van der Waals surface area contributed by atoms with E-state index in [0.717, 1.165) is 45.4 Å². The van der Waals surface area contributed by atoms with Crippen LogP contribution in [-0.4, -0.2) is 41.2 Å². The molecular formula is C37H43N9O2. The predicted molar refractivity (Wildman–Crippen MR) is 186 cm³/mol. The molecule has 11 nitrogen and oxygen atoms in total. The highest BCUT2D eigenvalue weighted by atomic mass is 16.2. The highest BCUT2D eigenvalue weighted by Gasteiger charge is 2.60. The molecule has 3 aromatic rings. The first-order valence-electron chi connectivity index (χ1n) is 16.3. The predicted octanol–water partition coefficient (Wildman–Crippen LogP) is 2.62. The number of benzene rings is 3. The highest BCUT2D eigenvalue weighted by molar-refractivity contribution is 5.98. The zero-order valence-corrected chi connectivity index (χ0v) is 27.4. The Labute approximate surface area is 281 Å². The van der Waals surface area contributed by atoms with Crippen molar-refractivity contribution < 1.29 is 9.59 Å². The third-order valence-corrected chi connectivity index (χ3v) is 10.7. The summed E-state index contributed by atoms with van der Waals surface area (Å²) in [6.45, 7) is 8.14. The molecule has 0 aromatic heterocycles. The number of nitriles is 1. The normalized spacial score (nSPS) is 24.7. The number of aryl methyl sites for hydroxylation is 3. The largest absolute Gasteiger partial charge is 0.399 e. The number of amides is 2. The number of hydrazine groups is 1. The van der Waals surface area contributed by atoms with Gasteiger partial charge >= 0.3 is 0 Å². The first-order valence-corrected chi connectivity index (χ1v) is 16.3. The molecular weight excluding hydrogens is 602 g/mol. The molecule has 3 aliphatic rings. The molecule has 6 unspecified atom stereocenters. The van der Waals surface area contributed by atoms with Gasteiger partial charge in [-0.15, -0.1) is 0 Å². The number of carbonyl (C=O) groups is 2. The van der Waals surface area contributed by atoms with Crippen LogP contribution in [0, 0.1) is 30.1 Å². The molecule has 2 aliphatic carbocycles. The standard InChI is InChI=1S/C37H43N9O2/c1-20-4-6-23(7-5-20)32(43-19-33(47)46-28(18-38)16-29-21(2)34(29)46)17-37(36(44-41)45-42)30-12-10-24(22(3)39)14-25(30)8-9-26-15-27(35(40)48)11-13-31(26)37/h4-7,10-15,21,28-29,32,34,43H,3,8-9,16-17,19,39,41-42H2,1-2H3,(H2,40,48)(H,44,45). The third kappa shape index (κ3) is 5.57. The van der Waals surface area contributed by atoms with Crippen LogP contribution in [0.2, 0.25) is 0 Å². The number of nitrogens with one attached hydrogen (secondary N) is 2. The fraction of sp³-hybridized carbons (Fsp3) is 0.351. The van der Waals surface area contributed by atoms with Crippen LogP contribution in [0.4, 0.5) is 0 Å². The minimum Gasteiger partial charge on any atom is -0.399 e. The Morgan fingerprint density at radius 3 is 2.25 bits per heavy atom. The maximum Gasteiger partial charge on any atom is 0.248 e. The number of hydrogen-bond acceptors (Lipinski definition) is 8. The molecule has 1 aliphatic heterocycles. The van der Waals surface area contributed by atoms with Crippen LogP contribution in [0.3, 0.4) is 0 Å². The summed E-state index contributed by atoms with van der Waals surface area (Å²) in [4.78, 5) is 27.9. The summed E-state index contributed by atoms with van der Waals surface area (Å²) < 4.78 is 0. The quantitative estimate of drug-likeness (QED) is 0.0882. The Balaban J connectivity index is 1.50. The number of nitrogens with zero attached hydrogens (tertiary/aromatic N) is 3. The highest BCUT2D eigenvalue weighted by Crippen LogP contribution is 2.53. The van der Waals surface area contributed by atoms with E-state index in [4.69, 9.17) is 23.2 Å². The van der Waals surface area contributed by atoms with E-state index in [1.165, 1.54) is 0 Å². The van der Waals surface area contributed by atoms with E-state index >= 15 is 0 Å². The maximum absolute atomic E-state index is 13.8. The van der Waals surface area contributed by atoms with Gasteiger partial charge in [0.15, 0.2) is 5.84 Å². The summed E-state index contributed by atoms with van der Waals surface area (Å²) in [5.74, 6) is 12.8. The van der Waals surface area contributed by atoms with Gasteiger partial charge in [-0.05, 0) is 96.0 Å². The molecule has 1 heterocycles. The number of nitrogens with two attached hydrogens (primary N) is 4. The monoisotopic (exact) mass is 645 g/mol. The lowest BCUT2D eigenvalue weighted by molar-refractivity contribution is -0.131. The summed E-state index contributed by atoms with van der Waals surface area (Å²) in [7, 11) is 0. The van der Waals surface area contributed by atoms with Gasteiger partial charge in [-0.25, -0.2) is 5.84 Å². The Bertz CT molecular complexity index is 1780. The van der Waals surface area contributed by atoms with Gasteiger partial charge in [0.1, 0.15) is 6.04 Å². The average Bonchev–Trinajstić information content (AvgIpc) is 3.56. The topological polar surface area (TPSA) is 202 Å². The van der Waals surface area contributed by atoms with Crippen molar-refractivity contribution >= 4 is 23.3 Å². The number of likely N-dealkylation sites (tertiary alicyclic amines) is 1. The SMILES string of the molecule is C=C(N)c1ccc2c(c1)CCc1cc(C(N)=O)ccc1C2(CC(NCC(=O)N1C(C#N)CC2C(C)C21)c1ccc(C)cc1)/C(=N/N)NN. The third-order valence-electron chi connectivity index (χ3n) is 10.7. The average molecular weight is 646 g/mol. The molecule has 248 valence electrons.